The topological polar surface area (TPSA) is 55.1 Å². The van der Waals surface area contributed by atoms with Gasteiger partial charge in [0.2, 0.25) is 0 Å². The molecule has 0 aromatic heterocycles. The first kappa shape index (κ1) is 12.7. The van der Waals surface area contributed by atoms with E-state index in [-0.39, 0.29) is 5.91 Å². The van der Waals surface area contributed by atoms with E-state index in [4.69, 9.17) is 5.73 Å². The van der Waals surface area contributed by atoms with E-state index in [1.807, 2.05) is 24.3 Å². The minimum absolute atomic E-state index is 0.0475. The van der Waals surface area contributed by atoms with Gasteiger partial charge >= 0.3 is 0 Å². The van der Waals surface area contributed by atoms with Gasteiger partial charge in [-0.05, 0) is 54.7 Å². The molecule has 0 radical (unpaired) electrons. The van der Waals surface area contributed by atoms with Crippen LogP contribution in [0.1, 0.15) is 41.6 Å². The summed E-state index contributed by atoms with van der Waals surface area (Å²) in [5, 5.41) is 3.09. The number of nitrogens with one attached hydrogen (secondary N) is 1. The van der Waals surface area contributed by atoms with Gasteiger partial charge < -0.3 is 11.1 Å². The lowest BCUT2D eigenvalue weighted by molar-refractivity contribution is 0.0942. The normalized spacial score (nSPS) is 28.6. The molecule has 102 valence electrons. The number of carbonyl (C=O) groups excluding carboxylic acids is 1. The molecule has 3 N–H and O–H groups in total. The Morgan fingerprint density at radius 2 is 2.00 bits per heavy atom. The Balaban J connectivity index is 1.53. The molecule has 2 fully saturated rings. The zero-order valence-electron chi connectivity index (χ0n) is 11.3. The summed E-state index contributed by atoms with van der Waals surface area (Å²) in [6.07, 6.45) is 5.49. The van der Waals surface area contributed by atoms with Gasteiger partial charge in [0.15, 0.2) is 0 Å². The molecule has 2 saturated carbocycles. The van der Waals surface area contributed by atoms with Crippen molar-refractivity contribution in [3.63, 3.8) is 0 Å². The predicted molar refractivity (Wildman–Crippen MR) is 75.6 cm³/mol. The molecule has 0 heterocycles. The monoisotopic (exact) mass is 258 g/mol. The van der Waals surface area contributed by atoms with E-state index in [0.717, 1.165) is 29.5 Å². The summed E-state index contributed by atoms with van der Waals surface area (Å²) in [5.41, 5.74) is 7.35. The highest BCUT2D eigenvalue weighted by Gasteiger charge is 2.39. The Kier molecular flexibility index (Phi) is 3.56. The maximum absolute atomic E-state index is 12.1. The average Bonchev–Trinajstić information content (AvgIpc) is 3.07. The number of hydrogen-bond acceptors (Lipinski definition) is 2. The van der Waals surface area contributed by atoms with Gasteiger partial charge in [-0.2, -0.15) is 0 Å². The molecule has 1 aromatic carbocycles. The van der Waals surface area contributed by atoms with Crippen LogP contribution in [0, 0.1) is 17.8 Å². The highest BCUT2D eigenvalue weighted by molar-refractivity contribution is 5.94. The molecule has 3 nitrogen and oxygen atoms in total. The lowest BCUT2D eigenvalue weighted by Gasteiger charge is -2.21. The Labute approximate surface area is 114 Å². The molecule has 1 aromatic rings. The van der Waals surface area contributed by atoms with Crippen LogP contribution in [0.25, 0.3) is 0 Å². The van der Waals surface area contributed by atoms with Crippen molar-refractivity contribution in [3.05, 3.63) is 35.4 Å². The van der Waals surface area contributed by atoms with Gasteiger partial charge in [0, 0.05) is 18.7 Å². The number of amides is 1. The van der Waals surface area contributed by atoms with E-state index in [0.29, 0.717) is 12.5 Å². The first-order valence-corrected chi connectivity index (χ1v) is 7.33. The van der Waals surface area contributed by atoms with Crippen molar-refractivity contribution in [2.45, 2.75) is 32.2 Å². The summed E-state index contributed by atoms with van der Waals surface area (Å²) in [4.78, 5) is 12.1. The Morgan fingerprint density at radius 3 is 2.58 bits per heavy atom. The fourth-order valence-corrected chi connectivity index (χ4v) is 3.74. The lowest BCUT2D eigenvalue weighted by Crippen LogP contribution is -2.31. The third kappa shape index (κ3) is 2.66. The lowest BCUT2D eigenvalue weighted by atomic mass is 9.89. The maximum atomic E-state index is 12.1. The van der Waals surface area contributed by atoms with Crippen LogP contribution in [0.15, 0.2) is 24.3 Å². The van der Waals surface area contributed by atoms with Gasteiger partial charge in [-0.3, -0.25) is 4.79 Å². The Bertz CT molecular complexity index is 454. The fraction of sp³-hybridized carbons (Fsp3) is 0.562. The third-order valence-corrected chi connectivity index (χ3v) is 4.86. The molecule has 2 aliphatic carbocycles. The number of fused-ring (bicyclic) bond motifs is 2. The molecule has 3 atom stereocenters. The molecule has 3 unspecified atom stereocenters. The molecular formula is C16H22N2O. The SMILES string of the molecule is NCc1ccc(C(=O)NCC2CC3CCC2C3)cc1. The molecule has 2 aliphatic rings. The van der Waals surface area contributed by atoms with Gasteiger partial charge in [-0.25, -0.2) is 0 Å². The van der Waals surface area contributed by atoms with Crippen LogP contribution in [0.5, 0.6) is 0 Å². The highest BCUT2D eigenvalue weighted by atomic mass is 16.1. The van der Waals surface area contributed by atoms with E-state index in [1.165, 1.54) is 25.7 Å². The molecule has 19 heavy (non-hydrogen) atoms. The Morgan fingerprint density at radius 1 is 1.21 bits per heavy atom. The molecule has 1 amide bonds. The number of hydrogen-bond donors (Lipinski definition) is 2. The van der Waals surface area contributed by atoms with E-state index >= 15 is 0 Å². The first-order chi connectivity index (χ1) is 9.26. The standard InChI is InChI=1S/C16H22N2O/c17-9-11-1-4-13(5-2-11)16(19)18-10-15-8-12-3-6-14(15)7-12/h1-2,4-5,12,14-15H,3,6-10,17H2,(H,18,19). The van der Waals surface area contributed by atoms with Gasteiger partial charge in [0.1, 0.15) is 0 Å². The van der Waals surface area contributed by atoms with Crippen LogP contribution in [0.2, 0.25) is 0 Å². The summed E-state index contributed by atoms with van der Waals surface area (Å²) in [5.74, 6) is 2.57. The first-order valence-electron chi connectivity index (χ1n) is 7.33. The van der Waals surface area contributed by atoms with Gasteiger partial charge in [0.05, 0.1) is 0 Å². The Hall–Kier alpha value is -1.35. The fourth-order valence-electron chi connectivity index (χ4n) is 3.74. The second-order valence-corrected chi connectivity index (χ2v) is 6.05. The zero-order valence-corrected chi connectivity index (χ0v) is 11.3. The van der Waals surface area contributed by atoms with Crippen molar-refractivity contribution >= 4 is 5.91 Å². The number of rotatable bonds is 4. The van der Waals surface area contributed by atoms with Crippen molar-refractivity contribution in [1.29, 1.82) is 0 Å². The summed E-state index contributed by atoms with van der Waals surface area (Å²) < 4.78 is 0. The van der Waals surface area contributed by atoms with Gasteiger partial charge in [0.25, 0.3) is 5.91 Å². The molecule has 2 bridgehead atoms. The maximum Gasteiger partial charge on any atom is 0.251 e. The minimum Gasteiger partial charge on any atom is -0.352 e. The molecule has 0 spiro atoms. The summed E-state index contributed by atoms with van der Waals surface area (Å²) in [6.45, 7) is 1.37. The van der Waals surface area contributed by atoms with Crippen molar-refractivity contribution < 1.29 is 4.79 Å². The van der Waals surface area contributed by atoms with Gasteiger partial charge in [-0.1, -0.05) is 18.6 Å². The second kappa shape index (κ2) is 5.33. The zero-order chi connectivity index (χ0) is 13.2. The van der Waals surface area contributed by atoms with E-state index in [9.17, 15) is 4.79 Å². The van der Waals surface area contributed by atoms with Crippen molar-refractivity contribution in [2.24, 2.45) is 23.5 Å². The van der Waals surface area contributed by atoms with Crippen molar-refractivity contribution in [3.8, 4) is 0 Å². The number of carbonyl (C=O) groups is 1. The summed E-state index contributed by atoms with van der Waals surface area (Å²) in [7, 11) is 0. The minimum atomic E-state index is 0.0475. The highest BCUT2D eigenvalue weighted by Crippen LogP contribution is 2.47. The van der Waals surface area contributed by atoms with E-state index < -0.39 is 0 Å². The van der Waals surface area contributed by atoms with Crippen LogP contribution in [-0.4, -0.2) is 12.5 Å². The van der Waals surface area contributed by atoms with E-state index in [2.05, 4.69) is 5.32 Å². The quantitative estimate of drug-likeness (QED) is 0.870. The van der Waals surface area contributed by atoms with E-state index in [1.54, 1.807) is 0 Å². The summed E-state index contributed by atoms with van der Waals surface area (Å²) >= 11 is 0. The third-order valence-electron chi connectivity index (χ3n) is 4.86. The number of nitrogens with two attached hydrogens (primary N) is 1. The van der Waals surface area contributed by atoms with Crippen LogP contribution in [0.4, 0.5) is 0 Å². The van der Waals surface area contributed by atoms with Crippen LogP contribution in [-0.2, 0) is 6.54 Å². The molecule has 3 rings (SSSR count). The number of benzene rings is 1. The molecule has 0 aliphatic heterocycles. The van der Waals surface area contributed by atoms with Gasteiger partial charge in [-0.15, -0.1) is 0 Å². The van der Waals surface area contributed by atoms with Crippen LogP contribution in [0.3, 0.4) is 0 Å². The molecule has 0 saturated heterocycles. The smallest absolute Gasteiger partial charge is 0.251 e. The van der Waals surface area contributed by atoms with Crippen molar-refractivity contribution in [1.82, 2.24) is 5.32 Å². The van der Waals surface area contributed by atoms with Crippen molar-refractivity contribution in [2.75, 3.05) is 6.54 Å². The van der Waals surface area contributed by atoms with Crippen LogP contribution < -0.4 is 11.1 Å². The molecule has 3 heteroatoms. The largest absolute Gasteiger partial charge is 0.352 e. The second-order valence-electron chi connectivity index (χ2n) is 6.05. The average molecular weight is 258 g/mol. The molecular weight excluding hydrogens is 236 g/mol. The predicted octanol–water partition coefficient (Wildman–Crippen LogP) is 2.31. The van der Waals surface area contributed by atoms with Crippen LogP contribution >= 0.6 is 0 Å². The summed E-state index contributed by atoms with van der Waals surface area (Å²) in [6, 6.07) is 7.57.